The molecule has 0 aromatic carbocycles. The maximum absolute atomic E-state index is 11.9. The Bertz CT molecular complexity index is 387. The van der Waals surface area contributed by atoms with Crippen molar-refractivity contribution >= 4 is 18.3 Å². The molecule has 0 aliphatic carbocycles. The summed E-state index contributed by atoms with van der Waals surface area (Å²) >= 11 is 0. The van der Waals surface area contributed by atoms with Crippen LogP contribution >= 0.6 is 12.4 Å². The molecule has 18 heavy (non-hydrogen) atoms. The molecule has 0 spiro atoms. The first-order valence-electron chi connectivity index (χ1n) is 6.17. The van der Waals surface area contributed by atoms with Crippen molar-refractivity contribution < 1.29 is 4.79 Å². The Kier molecular flexibility index (Phi) is 5.62. The molecule has 1 fully saturated rings. The second kappa shape index (κ2) is 6.75. The number of rotatable bonds is 3. The van der Waals surface area contributed by atoms with Gasteiger partial charge in [-0.25, -0.2) is 0 Å². The molecule has 2 rings (SSSR count). The number of carbonyl (C=O) groups is 1. The normalized spacial score (nSPS) is 20.9. The van der Waals surface area contributed by atoms with E-state index in [0.717, 1.165) is 13.1 Å². The third kappa shape index (κ3) is 3.71. The number of nitrogens with one attached hydrogen (secondary N) is 2. The number of aromatic nitrogens is 2. The molecule has 1 aliphatic rings. The van der Waals surface area contributed by atoms with Crippen LogP contribution in [-0.4, -0.2) is 34.8 Å². The number of hydrogen-bond acceptors (Lipinski definition) is 3. The van der Waals surface area contributed by atoms with E-state index in [4.69, 9.17) is 0 Å². The molecule has 5 nitrogen and oxygen atoms in total. The van der Waals surface area contributed by atoms with E-state index in [0.29, 0.717) is 11.5 Å². The van der Waals surface area contributed by atoms with E-state index in [1.54, 1.807) is 17.1 Å². The second-order valence-electron chi connectivity index (χ2n) is 4.77. The van der Waals surface area contributed by atoms with Gasteiger partial charge in [0.25, 0.3) is 5.91 Å². The van der Waals surface area contributed by atoms with Crippen LogP contribution in [0.1, 0.15) is 30.1 Å². The molecular formula is C12H21ClN4O. The summed E-state index contributed by atoms with van der Waals surface area (Å²) in [5.74, 6) is 0.501. The quantitative estimate of drug-likeness (QED) is 0.862. The number of carbonyl (C=O) groups excluding carboxylic acids is 1. The topological polar surface area (TPSA) is 59.0 Å². The summed E-state index contributed by atoms with van der Waals surface area (Å²) in [5.41, 5.74) is 0.628. The molecule has 1 aliphatic heterocycles. The van der Waals surface area contributed by atoms with Crippen LogP contribution in [0.2, 0.25) is 0 Å². The monoisotopic (exact) mass is 272 g/mol. The lowest BCUT2D eigenvalue weighted by Gasteiger charge is -2.28. The van der Waals surface area contributed by atoms with Gasteiger partial charge in [-0.05, 0) is 38.8 Å². The van der Waals surface area contributed by atoms with E-state index in [2.05, 4.69) is 22.7 Å². The van der Waals surface area contributed by atoms with Crippen LogP contribution in [0, 0.1) is 5.92 Å². The first kappa shape index (κ1) is 15.0. The molecule has 6 heteroatoms. The third-order valence-corrected chi connectivity index (χ3v) is 3.37. The van der Waals surface area contributed by atoms with E-state index in [9.17, 15) is 4.79 Å². The van der Waals surface area contributed by atoms with Gasteiger partial charge in [0.05, 0.1) is 11.8 Å². The highest BCUT2D eigenvalue weighted by molar-refractivity contribution is 5.93. The van der Waals surface area contributed by atoms with E-state index in [-0.39, 0.29) is 24.4 Å². The molecule has 0 radical (unpaired) electrons. The fraction of sp³-hybridized carbons (Fsp3) is 0.667. The van der Waals surface area contributed by atoms with Crippen LogP contribution in [0.25, 0.3) is 0 Å². The van der Waals surface area contributed by atoms with Crippen LogP contribution < -0.4 is 10.6 Å². The Labute approximate surface area is 114 Å². The lowest BCUT2D eigenvalue weighted by Crippen LogP contribution is -2.44. The van der Waals surface area contributed by atoms with Crippen molar-refractivity contribution in [2.45, 2.75) is 25.8 Å². The number of aryl methyl sites for hydroxylation is 1. The van der Waals surface area contributed by atoms with E-state index in [1.165, 1.54) is 12.8 Å². The lowest BCUT2D eigenvalue weighted by atomic mass is 9.93. The number of nitrogens with zero attached hydrogens (tertiary/aromatic N) is 2. The van der Waals surface area contributed by atoms with Gasteiger partial charge in [-0.2, -0.15) is 5.10 Å². The molecule has 2 atom stereocenters. The third-order valence-electron chi connectivity index (χ3n) is 3.37. The van der Waals surface area contributed by atoms with Gasteiger partial charge in [-0.3, -0.25) is 9.48 Å². The zero-order valence-electron chi connectivity index (χ0n) is 10.8. The maximum atomic E-state index is 11.9. The molecule has 1 aromatic rings. The van der Waals surface area contributed by atoms with Crippen molar-refractivity contribution in [1.82, 2.24) is 20.4 Å². The zero-order chi connectivity index (χ0) is 12.3. The summed E-state index contributed by atoms with van der Waals surface area (Å²) < 4.78 is 1.64. The number of hydrogen-bond donors (Lipinski definition) is 2. The molecule has 1 amide bonds. The van der Waals surface area contributed by atoms with Crippen molar-refractivity contribution in [2.75, 3.05) is 13.1 Å². The fourth-order valence-electron chi connectivity index (χ4n) is 2.25. The summed E-state index contributed by atoms with van der Waals surface area (Å²) in [6.45, 7) is 4.17. The molecule has 1 aromatic heterocycles. The predicted molar refractivity (Wildman–Crippen MR) is 73.0 cm³/mol. The highest BCUT2D eigenvalue weighted by Gasteiger charge is 2.21. The van der Waals surface area contributed by atoms with Crippen LogP contribution in [0.3, 0.4) is 0 Å². The van der Waals surface area contributed by atoms with Gasteiger partial charge < -0.3 is 10.6 Å². The first-order chi connectivity index (χ1) is 8.16. The van der Waals surface area contributed by atoms with Crippen molar-refractivity contribution in [3.63, 3.8) is 0 Å². The average molecular weight is 273 g/mol. The summed E-state index contributed by atoms with van der Waals surface area (Å²) in [7, 11) is 1.81. The van der Waals surface area contributed by atoms with Gasteiger partial charge in [0, 0.05) is 19.3 Å². The van der Waals surface area contributed by atoms with E-state index < -0.39 is 0 Å². The molecule has 2 unspecified atom stereocenters. The van der Waals surface area contributed by atoms with Gasteiger partial charge in [0.2, 0.25) is 0 Å². The Morgan fingerprint density at radius 3 is 3.00 bits per heavy atom. The second-order valence-corrected chi connectivity index (χ2v) is 4.77. The van der Waals surface area contributed by atoms with Gasteiger partial charge in [0.1, 0.15) is 0 Å². The van der Waals surface area contributed by atoms with E-state index in [1.807, 2.05) is 7.05 Å². The highest BCUT2D eigenvalue weighted by Crippen LogP contribution is 2.14. The Balaban J connectivity index is 0.00000162. The minimum Gasteiger partial charge on any atom is -0.349 e. The average Bonchev–Trinajstić information content (AvgIpc) is 2.77. The SMILES string of the molecule is CC(NC(=O)c1cnn(C)c1)C1CCCNC1.Cl. The molecule has 2 N–H and O–H groups in total. The molecule has 2 heterocycles. The van der Waals surface area contributed by atoms with E-state index >= 15 is 0 Å². The summed E-state index contributed by atoms with van der Waals surface area (Å²) in [4.78, 5) is 11.9. The van der Waals surface area contributed by atoms with Crippen molar-refractivity contribution in [2.24, 2.45) is 13.0 Å². The standard InChI is InChI=1S/C12H20N4O.ClH/c1-9(10-4-3-5-13-6-10)15-12(17)11-7-14-16(2)8-11;/h7-10,13H,3-6H2,1-2H3,(H,15,17);1H. The Hall–Kier alpha value is -1.07. The molecule has 102 valence electrons. The van der Waals surface area contributed by atoms with Crippen LogP contribution in [0.15, 0.2) is 12.4 Å². The largest absolute Gasteiger partial charge is 0.349 e. The van der Waals surface area contributed by atoms with Crippen molar-refractivity contribution in [1.29, 1.82) is 0 Å². The van der Waals surface area contributed by atoms with Gasteiger partial charge in [-0.15, -0.1) is 12.4 Å². The minimum absolute atomic E-state index is 0. The Morgan fingerprint density at radius 2 is 2.44 bits per heavy atom. The Morgan fingerprint density at radius 1 is 1.67 bits per heavy atom. The highest BCUT2D eigenvalue weighted by atomic mass is 35.5. The first-order valence-corrected chi connectivity index (χ1v) is 6.17. The van der Waals surface area contributed by atoms with Crippen molar-refractivity contribution in [3.8, 4) is 0 Å². The lowest BCUT2D eigenvalue weighted by molar-refractivity contribution is 0.0922. The van der Waals surface area contributed by atoms with Crippen LogP contribution in [0.5, 0.6) is 0 Å². The minimum atomic E-state index is -0.0313. The molecule has 0 bridgehead atoms. The van der Waals surface area contributed by atoms with Gasteiger partial charge >= 0.3 is 0 Å². The maximum Gasteiger partial charge on any atom is 0.254 e. The summed E-state index contributed by atoms with van der Waals surface area (Å²) in [6, 6.07) is 0.204. The van der Waals surface area contributed by atoms with Gasteiger partial charge in [0.15, 0.2) is 0 Å². The smallest absolute Gasteiger partial charge is 0.254 e. The number of piperidine rings is 1. The van der Waals surface area contributed by atoms with Crippen molar-refractivity contribution in [3.05, 3.63) is 18.0 Å². The summed E-state index contributed by atoms with van der Waals surface area (Å²) in [5, 5.41) is 10.4. The molecule has 0 saturated carbocycles. The predicted octanol–water partition coefficient (Wildman–Crippen LogP) is 0.960. The van der Waals surface area contributed by atoms with Crippen LogP contribution in [-0.2, 0) is 7.05 Å². The number of amides is 1. The van der Waals surface area contributed by atoms with Crippen LogP contribution in [0.4, 0.5) is 0 Å². The molecule has 1 saturated heterocycles. The van der Waals surface area contributed by atoms with Gasteiger partial charge in [-0.1, -0.05) is 0 Å². The fourth-order valence-corrected chi connectivity index (χ4v) is 2.25. The number of halogens is 1. The molecular weight excluding hydrogens is 252 g/mol. The zero-order valence-corrected chi connectivity index (χ0v) is 11.7. The summed E-state index contributed by atoms with van der Waals surface area (Å²) in [6.07, 6.45) is 5.71.